The maximum Gasteiger partial charge on any atom is 0.195 e. The van der Waals surface area contributed by atoms with Gasteiger partial charge in [0.25, 0.3) is 0 Å². The third-order valence-electron chi connectivity index (χ3n) is 2.13. The van der Waals surface area contributed by atoms with Crippen molar-refractivity contribution in [3.63, 3.8) is 0 Å². The molecule has 0 aliphatic carbocycles. The Morgan fingerprint density at radius 2 is 2.64 bits per heavy atom. The van der Waals surface area contributed by atoms with Crippen molar-refractivity contribution in [2.45, 2.75) is 18.9 Å². The molecule has 0 saturated carbocycles. The molecule has 2 rings (SSSR count). The van der Waals surface area contributed by atoms with Crippen molar-refractivity contribution in [3.05, 3.63) is 12.7 Å². The first-order valence-corrected chi connectivity index (χ1v) is 5.01. The quantitative estimate of drug-likeness (QED) is 0.709. The van der Waals surface area contributed by atoms with Crippen LogP contribution in [0.5, 0.6) is 0 Å². The number of nitrogens with zero attached hydrogens (tertiary/aromatic N) is 3. The van der Waals surface area contributed by atoms with E-state index in [1.807, 2.05) is 0 Å². The molecule has 5 nitrogen and oxygen atoms in total. The van der Waals surface area contributed by atoms with Gasteiger partial charge in [-0.3, -0.25) is 0 Å². The van der Waals surface area contributed by atoms with Crippen LogP contribution in [0.3, 0.4) is 0 Å². The summed E-state index contributed by atoms with van der Waals surface area (Å²) in [6.07, 6.45) is 5.57. The SMILES string of the molecule is S=C(NC[C@H]1CCCO1)n1cncn1. The molecule has 1 atom stereocenters. The summed E-state index contributed by atoms with van der Waals surface area (Å²) in [4.78, 5) is 3.82. The average Bonchev–Trinajstić information content (AvgIpc) is 2.87. The molecule has 1 N–H and O–H groups in total. The molecule has 1 saturated heterocycles. The Balaban J connectivity index is 1.78. The van der Waals surface area contributed by atoms with E-state index in [2.05, 4.69) is 15.4 Å². The Kier molecular flexibility index (Phi) is 3.05. The molecular weight excluding hydrogens is 200 g/mol. The van der Waals surface area contributed by atoms with Crippen molar-refractivity contribution >= 4 is 17.3 Å². The second kappa shape index (κ2) is 4.47. The van der Waals surface area contributed by atoms with Gasteiger partial charge in [0.15, 0.2) is 5.11 Å². The molecule has 0 unspecified atom stereocenters. The van der Waals surface area contributed by atoms with Gasteiger partial charge < -0.3 is 10.1 Å². The Bertz CT molecular complexity index is 294. The lowest BCUT2D eigenvalue weighted by atomic mass is 10.2. The van der Waals surface area contributed by atoms with Crippen LogP contribution in [0.25, 0.3) is 0 Å². The summed E-state index contributed by atoms with van der Waals surface area (Å²) in [5.74, 6) is 0. The van der Waals surface area contributed by atoms with Crippen molar-refractivity contribution in [3.8, 4) is 0 Å². The molecule has 0 radical (unpaired) electrons. The van der Waals surface area contributed by atoms with Gasteiger partial charge in [0.2, 0.25) is 0 Å². The molecule has 6 heteroatoms. The third kappa shape index (κ3) is 2.27. The summed E-state index contributed by atoms with van der Waals surface area (Å²) in [6.45, 7) is 1.61. The van der Waals surface area contributed by atoms with Crippen LogP contribution in [0.15, 0.2) is 12.7 Å². The molecule has 76 valence electrons. The predicted molar refractivity (Wildman–Crippen MR) is 55.0 cm³/mol. The molecule has 1 aromatic rings. The lowest BCUT2D eigenvalue weighted by Gasteiger charge is -2.11. The first-order valence-electron chi connectivity index (χ1n) is 4.60. The molecule has 1 aliphatic heterocycles. The van der Waals surface area contributed by atoms with E-state index in [0.29, 0.717) is 5.11 Å². The van der Waals surface area contributed by atoms with E-state index in [1.54, 1.807) is 6.33 Å². The van der Waals surface area contributed by atoms with Crippen LogP contribution in [0.4, 0.5) is 0 Å². The minimum atomic E-state index is 0.288. The first kappa shape index (κ1) is 9.54. The molecule has 0 aromatic carbocycles. The molecule has 1 aliphatic rings. The molecule has 2 heterocycles. The van der Waals surface area contributed by atoms with Gasteiger partial charge in [-0.25, -0.2) is 4.98 Å². The molecule has 1 aromatic heterocycles. The van der Waals surface area contributed by atoms with Crippen molar-refractivity contribution in [1.82, 2.24) is 20.1 Å². The van der Waals surface area contributed by atoms with Crippen LogP contribution in [-0.2, 0) is 4.74 Å². The summed E-state index contributed by atoms with van der Waals surface area (Å²) < 4.78 is 6.99. The van der Waals surface area contributed by atoms with E-state index in [0.717, 1.165) is 26.0 Å². The largest absolute Gasteiger partial charge is 0.376 e. The third-order valence-corrected chi connectivity index (χ3v) is 2.46. The molecule has 1 fully saturated rings. The van der Waals surface area contributed by atoms with Gasteiger partial charge in [0.1, 0.15) is 12.7 Å². The Labute approximate surface area is 87.5 Å². The number of aromatic nitrogens is 3. The molecule has 0 spiro atoms. The van der Waals surface area contributed by atoms with Crippen LogP contribution in [0.2, 0.25) is 0 Å². The number of hydrogen-bond donors (Lipinski definition) is 1. The topological polar surface area (TPSA) is 52.0 Å². The lowest BCUT2D eigenvalue weighted by molar-refractivity contribution is 0.114. The number of nitrogens with one attached hydrogen (secondary N) is 1. The minimum Gasteiger partial charge on any atom is -0.376 e. The standard InChI is InChI=1S/C8H12N4OS/c14-8(12-6-9-5-11-12)10-4-7-2-1-3-13-7/h5-7H,1-4H2,(H,10,14)/t7-/m1/s1. The van der Waals surface area contributed by atoms with Gasteiger partial charge in [-0.05, 0) is 25.1 Å². The highest BCUT2D eigenvalue weighted by Gasteiger charge is 2.15. The van der Waals surface area contributed by atoms with E-state index in [4.69, 9.17) is 17.0 Å². The molecule has 0 amide bonds. The van der Waals surface area contributed by atoms with E-state index in [9.17, 15) is 0 Å². The zero-order chi connectivity index (χ0) is 9.80. The van der Waals surface area contributed by atoms with Gasteiger partial charge in [-0.1, -0.05) is 0 Å². The van der Waals surface area contributed by atoms with Crippen molar-refractivity contribution < 1.29 is 4.74 Å². The second-order valence-electron chi connectivity index (χ2n) is 3.16. The summed E-state index contributed by atoms with van der Waals surface area (Å²) in [5, 5.41) is 7.58. The van der Waals surface area contributed by atoms with Gasteiger partial charge in [-0.15, -0.1) is 0 Å². The normalized spacial score (nSPS) is 21.0. The van der Waals surface area contributed by atoms with E-state index < -0.39 is 0 Å². The molecule has 0 bridgehead atoms. The second-order valence-corrected chi connectivity index (χ2v) is 3.55. The number of rotatable bonds is 2. The van der Waals surface area contributed by atoms with Crippen LogP contribution in [0.1, 0.15) is 12.8 Å². The highest BCUT2D eigenvalue weighted by Crippen LogP contribution is 2.10. The van der Waals surface area contributed by atoms with E-state index in [-0.39, 0.29) is 6.10 Å². The fraction of sp³-hybridized carbons (Fsp3) is 0.625. The van der Waals surface area contributed by atoms with Gasteiger partial charge in [-0.2, -0.15) is 9.78 Å². The Hall–Kier alpha value is -1.01. The number of hydrogen-bond acceptors (Lipinski definition) is 4. The maximum absolute atomic E-state index is 5.45. The van der Waals surface area contributed by atoms with E-state index >= 15 is 0 Å². The van der Waals surface area contributed by atoms with Crippen LogP contribution >= 0.6 is 12.2 Å². The van der Waals surface area contributed by atoms with Gasteiger partial charge in [0, 0.05) is 13.2 Å². The molecular formula is C8H12N4OS. The number of ether oxygens (including phenoxy) is 1. The number of thiocarbonyl (C=S) groups is 1. The van der Waals surface area contributed by atoms with Crippen molar-refractivity contribution in [2.75, 3.05) is 13.2 Å². The Morgan fingerprint density at radius 1 is 1.71 bits per heavy atom. The van der Waals surface area contributed by atoms with Crippen molar-refractivity contribution in [1.29, 1.82) is 0 Å². The van der Waals surface area contributed by atoms with Gasteiger partial charge in [0.05, 0.1) is 6.10 Å². The average molecular weight is 212 g/mol. The lowest BCUT2D eigenvalue weighted by Crippen LogP contribution is -2.34. The first-order chi connectivity index (χ1) is 6.86. The van der Waals surface area contributed by atoms with Crippen LogP contribution in [0, 0.1) is 0 Å². The zero-order valence-corrected chi connectivity index (χ0v) is 8.54. The monoisotopic (exact) mass is 212 g/mol. The highest BCUT2D eigenvalue weighted by molar-refractivity contribution is 7.80. The molecule has 14 heavy (non-hydrogen) atoms. The zero-order valence-electron chi connectivity index (χ0n) is 7.72. The smallest absolute Gasteiger partial charge is 0.195 e. The fourth-order valence-corrected chi connectivity index (χ4v) is 1.58. The summed E-state index contributed by atoms with van der Waals surface area (Å²) in [7, 11) is 0. The van der Waals surface area contributed by atoms with Crippen LogP contribution in [-0.4, -0.2) is 39.1 Å². The fourth-order valence-electron chi connectivity index (χ4n) is 1.40. The summed E-state index contributed by atoms with van der Waals surface area (Å²) in [6, 6.07) is 0. The Morgan fingerprint density at radius 3 is 3.29 bits per heavy atom. The summed E-state index contributed by atoms with van der Waals surface area (Å²) in [5.41, 5.74) is 0. The highest BCUT2D eigenvalue weighted by atomic mass is 32.1. The van der Waals surface area contributed by atoms with Gasteiger partial charge >= 0.3 is 0 Å². The summed E-state index contributed by atoms with van der Waals surface area (Å²) >= 11 is 5.10. The van der Waals surface area contributed by atoms with Crippen LogP contribution < -0.4 is 5.32 Å². The van der Waals surface area contributed by atoms with Crippen molar-refractivity contribution in [2.24, 2.45) is 0 Å². The predicted octanol–water partition coefficient (Wildman–Crippen LogP) is 0.180. The minimum absolute atomic E-state index is 0.288. The maximum atomic E-state index is 5.45. The van der Waals surface area contributed by atoms with E-state index in [1.165, 1.54) is 11.0 Å².